The fourth-order valence-electron chi connectivity index (χ4n) is 3.36. The first-order valence-electron chi connectivity index (χ1n) is 7.86. The van der Waals surface area contributed by atoms with Gasteiger partial charge in [-0.3, -0.25) is 4.79 Å². The van der Waals surface area contributed by atoms with Gasteiger partial charge in [0.15, 0.2) is 5.52 Å². The molecular weight excluding hydrogens is 263 g/mol. The van der Waals surface area contributed by atoms with Crippen molar-refractivity contribution < 1.29 is 4.79 Å². The second kappa shape index (κ2) is 4.80. The van der Waals surface area contributed by atoms with Crippen LogP contribution in [0, 0.1) is 10.4 Å². The Balaban J connectivity index is 2.38. The molecule has 0 bridgehead atoms. The lowest BCUT2D eigenvalue weighted by molar-refractivity contribution is -0.118. The molecule has 2 rings (SSSR count). The van der Waals surface area contributed by atoms with Gasteiger partial charge < -0.3 is 0 Å². The quantitative estimate of drug-likeness (QED) is 0.635. The van der Waals surface area contributed by atoms with Gasteiger partial charge in [-0.2, -0.15) is 0 Å². The Hall–Kier alpha value is -0.420. The van der Waals surface area contributed by atoms with Gasteiger partial charge >= 0.3 is 0 Å². The van der Waals surface area contributed by atoms with E-state index in [1.54, 1.807) is 0 Å². The van der Waals surface area contributed by atoms with Crippen molar-refractivity contribution in [1.82, 2.24) is 0 Å². The highest BCUT2D eigenvalue weighted by molar-refractivity contribution is 7.51. The summed E-state index contributed by atoms with van der Waals surface area (Å²) in [5.74, 6) is 0. The lowest BCUT2D eigenvalue weighted by Crippen LogP contribution is -2.18. The minimum absolute atomic E-state index is 0.0524. The monoisotopic (exact) mass is 292 g/mol. The maximum absolute atomic E-state index is 12.7. The fourth-order valence-corrected chi connectivity index (χ4v) is 5.11. The molecule has 0 amide bonds. The van der Waals surface area contributed by atoms with E-state index in [1.807, 2.05) is 0 Å². The summed E-state index contributed by atoms with van der Waals surface area (Å²) < 4.78 is 0. The predicted molar refractivity (Wildman–Crippen MR) is 88.0 cm³/mol. The molecule has 0 N–H and O–H groups in total. The van der Waals surface area contributed by atoms with Gasteiger partial charge in [0.05, 0.1) is 0 Å². The zero-order chi connectivity index (χ0) is 15.3. The van der Waals surface area contributed by atoms with Crippen LogP contribution in [0.25, 0.3) is 0 Å². The van der Waals surface area contributed by atoms with E-state index in [9.17, 15) is 4.79 Å². The van der Waals surface area contributed by atoms with Gasteiger partial charge in [0.25, 0.3) is 0 Å². The third kappa shape index (κ3) is 2.93. The normalized spacial score (nSPS) is 19.9. The van der Waals surface area contributed by atoms with Gasteiger partial charge in [-0.15, -0.1) is 0 Å². The second-order valence-electron chi connectivity index (χ2n) is 8.78. The number of carbonyl (C=O) groups is 1. The topological polar surface area (TPSA) is 17.1 Å². The molecule has 1 aliphatic rings. The van der Waals surface area contributed by atoms with Gasteiger partial charge in [0, 0.05) is 10.4 Å². The molecule has 20 heavy (non-hydrogen) atoms. The lowest BCUT2D eigenvalue weighted by Gasteiger charge is -2.18. The molecule has 1 nitrogen and oxygen atoms in total. The van der Waals surface area contributed by atoms with E-state index in [0.717, 1.165) is 21.0 Å². The van der Waals surface area contributed by atoms with Crippen LogP contribution in [0.4, 0.5) is 0 Å². The molecule has 0 atom stereocenters. The van der Waals surface area contributed by atoms with Crippen LogP contribution >= 0.6 is 8.20 Å². The summed E-state index contributed by atoms with van der Waals surface area (Å²) in [5.41, 5.74) is 3.65. The third-order valence-electron chi connectivity index (χ3n) is 4.60. The lowest BCUT2D eigenvalue weighted by atomic mass is 9.86. The van der Waals surface area contributed by atoms with Crippen molar-refractivity contribution in [2.75, 3.05) is 0 Å². The first kappa shape index (κ1) is 16.0. The number of hydrogen-bond donors (Lipinski definition) is 0. The molecule has 1 aliphatic carbocycles. The third-order valence-corrected chi connectivity index (χ3v) is 6.01. The van der Waals surface area contributed by atoms with Crippen LogP contribution in [0.3, 0.4) is 0 Å². The van der Waals surface area contributed by atoms with E-state index < -0.39 is 0 Å². The molecule has 1 saturated carbocycles. The summed E-state index contributed by atoms with van der Waals surface area (Å²) in [6.45, 7) is 15.7. The van der Waals surface area contributed by atoms with Crippen LogP contribution in [0.1, 0.15) is 85.3 Å². The first-order chi connectivity index (χ1) is 8.97. The average Bonchev–Trinajstić information content (AvgIpc) is 2.84. The molecule has 0 saturated heterocycles. The Bertz CT molecular complexity index is 507. The Morgan fingerprint density at radius 1 is 0.950 bits per heavy atom. The Labute approximate surface area is 125 Å². The molecule has 2 heteroatoms. The second-order valence-corrected chi connectivity index (χ2v) is 9.86. The van der Waals surface area contributed by atoms with Gasteiger partial charge in [-0.1, -0.05) is 61.3 Å². The standard InChI is InChI=1S/C18H29OP/c1-16(2,3)12-13(17(4,5)6)14(12)20-15(19)18(7)10-8-9-11-18/h8-11H2,1-7H3. The molecule has 0 heterocycles. The molecule has 0 aliphatic heterocycles. The predicted octanol–water partition coefficient (Wildman–Crippen LogP) is 5.74. The number of carbonyl (C=O) groups excluding carboxylic acids is 1. The van der Waals surface area contributed by atoms with Gasteiger partial charge in [0.2, 0.25) is 0 Å². The van der Waals surface area contributed by atoms with Crippen molar-refractivity contribution in [3.05, 3.63) is 16.1 Å². The first-order valence-corrected chi connectivity index (χ1v) is 8.75. The van der Waals surface area contributed by atoms with Crippen LogP contribution in [0.15, 0.2) is 0 Å². The molecule has 1 aromatic rings. The van der Waals surface area contributed by atoms with Crippen molar-refractivity contribution >= 4 is 13.7 Å². The van der Waals surface area contributed by atoms with E-state index in [-0.39, 0.29) is 16.2 Å². The van der Waals surface area contributed by atoms with Crippen LogP contribution in [0.5, 0.6) is 0 Å². The highest BCUT2D eigenvalue weighted by atomic mass is 31.1. The van der Waals surface area contributed by atoms with Crippen LogP contribution in [-0.2, 0) is 15.6 Å². The minimum atomic E-state index is -0.0524. The SMILES string of the molecule is CC1(C(=O)P=c2c(C(C)(C)C)c2C(C)(C)C)CCCC1. The smallest absolute Gasteiger partial charge is 0.187 e. The molecule has 0 radical (unpaired) electrons. The molecule has 112 valence electrons. The minimum Gasteiger partial charge on any atom is -0.289 e. The summed E-state index contributed by atoms with van der Waals surface area (Å²) in [5, 5.41) is 0. The zero-order valence-corrected chi connectivity index (χ0v) is 15.1. The molecule has 1 aromatic carbocycles. The van der Waals surface area contributed by atoms with E-state index in [0.29, 0.717) is 5.52 Å². The van der Waals surface area contributed by atoms with Crippen LogP contribution < -0.4 is 0 Å². The largest absolute Gasteiger partial charge is 0.289 e. The van der Waals surface area contributed by atoms with E-state index in [1.165, 1.54) is 28.9 Å². The molecule has 0 aromatic heterocycles. The number of hydrogen-bond acceptors (Lipinski definition) is 1. The van der Waals surface area contributed by atoms with Gasteiger partial charge in [-0.05, 0) is 43.0 Å². The van der Waals surface area contributed by atoms with E-state index in [4.69, 9.17) is 0 Å². The number of rotatable bonds is 2. The Kier molecular flexibility index (Phi) is 3.83. The Morgan fingerprint density at radius 3 is 1.70 bits per heavy atom. The highest BCUT2D eigenvalue weighted by Crippen LogP contribution is 2.49. The van der Waals surface area contributed by atoms with Gasteiger partial charge in [0.1, 0.15) is 0 Å². The highest BCUT2D eigenvalue weighted by Gasteiger charge is 2.39. The molecule has 1 fully saturated rings. The molecular formula is C18H29OP. The fraction of sp³-hybridized carbons (Fsp3) is 0.778. The van der Waals surface area contributed by atoms with Crippen molar-refractivity contribution in [3.8, 4) is 0 Å². The van der Waals surface area contributed by atoms with Crippen molar-refractivity contribution in [2.45, 2.75) is 85.0 Å². The van der Waals surface area contributed by atoms with Crippen LogP contribution in [0.2, 0.25) is 0 Å². The van der Waals surface area contributed by atoms with Crippen molar-refractivity contribution in [3.63, 3.8) is 0 Å². The summed E-state index contributed by atoms with van der Waals surface area (Å²) >= 11 is 0. The van der Waals surface area contributed by atoms with Crippen LogP contribution in [-0.4, -0.2) is 5.52 Å². The average molecular weight is 292 g/mol. The summed E-state index contributed by atoms with van der Waals surface area (Å²) in [7, 11) is 0.963. The maximum Gasteiger partial charge on any atom is 0.187 e. The Morgan fingerprint density at radius 2 is 1.35 bits per heavy atom. The van der Waals surface area contributed by atoms with Gasteiger partial charge in [-0.25, -0.2) is 0 Å². The zero-order valence-electron chi connectivity index (χ0n) is 14.2. The summed E-state index contributed by atoms with van der Waals surface area (Å²) in [4.78, 5) is 14.1. The van der Waals surface area contributed by atoms with Crippen molar-refractivity contribution in [2.24, 2.45) is 5.41 Å². The summed E-state index contributed by atoms with van der Waals surface area (Å²) in [6.07, 6.45) is 4.61. The van der Waals surface area contributed by atoms with Crippen molar-refractivity contribution in [1.29, 1.82) is 0 Å². The summed E-state index contributed by atoms with van der Waals surface area (Å²) in [6, 6.07) is 0. The molecule has 0 unspecified atom stereocenters. The molecule has 0 spiro atoms. The maximum atomic E-state index is 12.7. The van der Waals surface area contributed by atoms with E-state index in [2.05, 4.69) is 48.5 Å². The van der Waals surface area contributed by atoms with E-state index >= 15 is 0 Å².